The van der Waals surface area contributed by atoms with Gasteiger partial charge >= 0.3 is 0 Å². The maximum Gasteiger partial charge on any atom is 0.188 e. The number of benzene rings is 2. The van der Waals surface area contributed by atoms with E-state index in [4.69, 9.17) is 14.5 Å². The van der Waals surface area contributed by atoms with Crippen LogP contribution in [0.3, 0.4) is 0 Å². The third-order valence-corrected chi connectivity index (χ3v) is 4.81. The number of nitrogens with zero attached hydrogens (tertiary/aromatic N) is 3. The van der Waals surface area contributed by atoms with E-state index >= 15 is 0 Å². The summed E-state index contributed by atoms with van der Waals surface area (Å²) >= 11 is 0. The molecule has 0 radical (unpaired) electrons. The Morgan fingerprint density at radius 1 is 1.07 bits per heavy atom. The molecule has 1 saturated carbocycles. The number of aliphatic hydroxyl groups excluding tert-OH is 1. The van der Waals surface area contributed by atoms with Crippen molar-refractivity contribution in [1.29, 1.82) is 0 Å². The third kappa shape index (κ3) is 3.95. The van der Waals surface area contributed by atoms with Crippen molar-refractivity contribution in [2.45, 2.75) is 31.4 Å². The first-order valence-corrected chi connectivity index (χ1v) is 9.14. The van der Waals surface area contributed by atoms with E-state index < -0.39 is 0 Å². The van der Waals surface area contributed by atoms with E-state index in [0.29, 0.717) is 30.0 Å². The lowest BCUT2D eigenvalue weighted by atomic mass is 10.1. The van der Waals surface area contributed by atoms with Gasteiger partial charge in [0.05, 0.1) is 20.3 Å². The lowest BCUT2D eigenvalue weighted by molar-refractivity contribution is 0.263. The number of hydrogen-bond donors (Lipinski definition) is 1. The topological polar surface area (TPSA) is 69.4 Å². The molecule has 2 aromatic carbocycles. The lowest BCUT2D eigenvalue weighted by Gasteiger charge is -2.05. The van der Waals surface area contributed by atoms with Gasteiger partial charge in [0.25, 0.3) is 0 Å². The van der Waals surface area contributed by atoms with E-state index in [1.54, 1.807) is 7.11 Å². The molecule has 3 aromatic rings. The Morgan fingerprint density at radius 2 is 1.89 bits per heavy atom. The lowest BCUT2D eigenvalue weighted by Crippen LogP contribution is -2.08. The number of ether oxygens (including phenoxy) is 2. The van der Waals surface area contributed by atoms with Gasteiger partial charge in [0.1, 0.15) is 23.9 Å². The fourth-order valence-corrected chi connectivity index (χ4v) is 3.39. The molecule has 0 unspecified atom stereocenters. The molecule has 1 fully saturated rings. The molecule has 140 valence electrons. The van der Waals surface area contributed by atoms with Crippen LogP contribution in [-0.2, 0) is 13.2 Å². The molecule has 1 aliphatic rings. The molecule has 1 N–H and O–H groups in total. The molecule has 27 heavy (non-hydrogen) atoms. The predicted octanol–water partition coefficient (Wildman–Crippen LogP) is 3.13. The fraction of sp³-hybridized carbons (Fsp3) is 0.333. The van der Waals surface area contributed by atoms with E-state index in [1.165, 1.54) is 5.56 Å². The average molecular weight is 365 g/mol. The summed E-state index contributed by atoms with van der Waals surface area (Å²) in [4.78, 5) is 4.71. The molecule has 0 saturated heterocycles. The maximum atomic E-state index is 9.37. The number of rotatable bonds is 8. The smallest absolute Gasteiger partial charge is 0.188 e. The van der Waals surface area contributed by atoms with Crippen molar-refractivity contribution in [3.63, 3.8) is 0 Å². The molecule has 1 aliphatic carbocycles. The second kappa shape index (κ2) is 7.80. The molecule has 0 amide bonds. The van der Waals surface area contributed by atoms with Crippen molar-refractivity contribution in [2.75, 3.05) is 13.7 Å². The van der Waals surface area contributed by atoms with Crippen LogP contribution in [0.2, 0.25) is 0 Å². The molecule has 2 atom stereocenters. The van der Waals surface area contributed by atoms with Gasteiger partial charge in [-0.05, 0) is 30.0 Å². The van der Waals surface area contributed by atoms with Crippen LogP contribution >= 0.6 is 0 Å². The van der Waals surface area contributed by atoms with E-state index in [-0.39, 0.29) is 13.2 Å². The zero-order chi connectivity index (χ0) is 18.6. The maximum absolute atomic E-state index is 9.37. The summed E-state index contributed by atoms with van der Waals surface area (Å²) in [6, 6.07) is 17.9. The minimum atomic E-state index is 0.0370. The van der Waals surface area contributed by atoms with Crippen LogP contribution < -0.4 is 9.47 Å². The number of methoxy groups -OCH3 is 1. The van der Waals surface area contributed by atoms with Gasteiger partial charge in [-0.1, -0.05) is 36.4 Å². The van der Waals surface area contributed by atoms with Crippen molar-refractivity contribution >= 4 is 0 Å². The van der Waals surface area contributed by atoms with Gasteiger partial charge < -0.3 is 14.6 Å². The van der Waals surface area contributed by atoms with Crippen molar-refractivity contribution in [3.8, 4) is 11.5 Å². The van der Waals surface area contributed by atoms with Crippen LogP contribution in [-0.4, -0.2) is 33.6 Å². The Bertz CT molecular complexity index is 895. The van der Waals surface area contributed by atoms with Gasteiger partial charge in [0, 0.05) is 12.0 Å². The van der Waals surface area contributed by atoms with Crippen molar-refractivity contribution in [2.24, 2.45) is 0 Å². The molecular weight excluding hydrogens is 342 g/mol. The highest BCUT2D eigenvalue weighted by atomic mass is 16.5. The molecule has 1 heterocycles. The Balaban J connectivity index is 1.47. The Hall–Kier alpha value is -2.86. The molecule has 0 spiro atoms. The Kier molecular flexibility index (Phi) is 5.07. The van der Waals surface area contributed by atoms with Crippen LogP contribution in [0.15, 0.2) is 54.6 Å². The number of aliphatic hydroxyl groups is 1. The predicted molar refractivity (Wildman–Crippen MR) is 101 cm³/mol. The van der Waals surface area contributed by atoms with Gasteiger partial charge in [0.15, 0.2) is 5.82 Å². The van der Waals surface area contributed by atoms with Crippen molar-refractivity contribution in [1.82, 2.24) is 14.8 Å². The molecule has 4 rings (SSSR count). The van der Waals surface area contributed by atoms with Crippen LogP contribution in [0.25, 0.3) is 0 Å². The van der Waals surface area contributed by atoms with Crippen LogP contribution in [0.4, 0.5) is 0 Å². The fourth-order valence-electron chi connectivity index (χ4n) is 3.39. The summed E-state index contributed by atoms with van der Waals surface area (Å²) in [7, 11) is 1.63. The molecule has 6 heteroatoms. The van der Waals surface area contributed by atoms with Crippen LogP contribution in [0.1, 0.15) is 35.5 Å². The molecule has 0 aliphatic heterocycles. The minimum Gasteiger partial charge on any atom is -0.497 e. The Labute approximate surface area is 158 Å². The van der Waals surface area contributed by atoms with Crippen LogP contribution in [0.5, 0.6) is 11.5 Å². The molecule has 1 aromatic heterocycles. The highest BCUT2D eigenvalue weighted by Gasteiger charge is 2.43. The molecular formula is C21H23N3O3. The molecule has 0 bridgehead atoms. The van der Waals surface area contributed by atoms with E-state index in [9.17, 15) is 5.11 Å². The summed E-state index contributed by atoms with van der Waals surface area (Å²) in [5.41, 5.74) is 1.33. The second-order valence-electron chi connectivity index (χ2n) is 6.66. The van der Waals surface area contributed by atoms with E-state index in [2.05, 4.69) is 29.4 Å². The average Bonchev–Trinajstić information content (AvgIpc) is 3.41. The van der Waals surface area contributed by atoms with Gasteiger partial charge in [-0.2, -0.15) is 5.10 Å². The largest absolute Gasteiger partial charge is 0.497 e. The first kappa shape index (κ1) is 17.5. The first-order chi connectivity index (χ1) is 13.3. The van der Waals surface area contributed by atoms with Gasteiger partial charge in [0.2, 0.25) is 0 Å². The summed E-state index contributed by atoms with van der Waals surface area (Å²) in [6.07, 6.45) is 1.06. The van der Waals surface area contributed by atoms with Gasteiger partial charge in [-0.15, -0.1) is 0 Å². The molecule has 6 nitrogen and oxygen atoms in total. The standard InChI is InChI=1S/C21H23N3O3/c1-26-16-8-5-9-17(12-16)27-14-20-22-21(24(23-20)10-11-25)19-13-18(19)15-6-3-2-4-7-15/h2-9,12,18-19,25H,10-11,13-14H2,1H3/t18-,19+/m0/s1. The SMILES string of the molecule is COc1cccc(OCc2nc([C@@H]3C[C@H]3c3ccccc3)n(CCO)n2)c1. The zero-order valence-electron chi connectivity index (χ0n) is 15.3. The number of hydrogen-bond acceptors (Lipinski definition) is 5. The van der Waals surface area contributed by atoms with Gasteiger partial charge in [-0.3, -0.25) is 0 Å². The normalized spacial score (nSPS) is 18.3. The minimum absolute atomic E-state index is 0.0370. The zero-order valence-corrected chi connectivity index (χ0v) is 15.3. The number of aromatic nitrogens is 3. The van der Waals surface area contributed by atoms with E-state index in [1.807, 2.05) is 35.0 Å². The summed E-state index contributed by atoms with van der Waals surface area (Å²) in [5, 5.41) is 13.9. The van der Waals surface area contributed by atoms with Crippen LogP contribution in [0, 0.1) is 0 Å². The summed E-state index contributed by atoms with van der Waals surface area (Å²) in [6.45, 7) is 0.760. The quantitative estimate of drug-likeness (QED) is 0.664. The highest BCUT2D eigenvalue weighted by molar-refractivity contribution is 5.33. The van der Waals surface area contributed by atoms with Crippen molar-refractivity contribution < 1.29 is 14.6 Å². The van der Waals surface area contributed by atoms with E-state index in [0.717, 1.165) is 18.0 Å². The van der Waals surface area contributed by atoms with Gasteiger partial charge in [-0.25, -0.2) is 9.67 Å². The summed E-state index contributed by atoms with van der Waals surface area (Å²) < 4.78 is 12.8. The highest BCUT2D eigenvalue weighted by Crippen LogP contribution is 2.53. The van der Waals surface area contributed by atoms with Crippen molar-refractivity contribution in [3.05, 3.63) is 71.8 Å². The third-order valence-electron chi connectivity index (χ3n) is 4.81. The summed E-state index contributed by atoms with van der Waals surface area (Å²) in [5.74, 6) is 3.83. The second-order valence-corrected chi connectivity index (χ2v) is 6.66. The monoisotopic (exact) mass is 365 g/mol. The first-order valence-electron chi connectivity index (χ1n) is 9.14. The Morgan fingerprint density at radius 3 is 2.67 bits per heavy atom.